The SMILES string of the molecule is Cc1cc(CCNC(=O)/C=C/c2ccc3c(c2)OCO3)on1. The third kappa shape index (κ3) is 3.46. The Morgan fingerprint density at radius 1 is 1.32 bits per heavy atom. The van der Waals surface area contributed by atoms with Crippen LogP contribution in [0.1, 0.15) is 17.0 Å². The van der Waals surface area contributed by atoms with Crippen LogP contribution in [-0.2, 0) is 11.2 Å². The molecule has 0 saturated carbocycles. The van der Waals surface area contributed by atoms with Crippen LogP contribution in [0.3, 0.4) is 0 Å². The highest BCUT2D eigenvalue weighted by Crippen LogP contribution is 2.32. The van der Waals surface area contributed by atoms with Crippen LogP contribution in [0.15, 0.2) is 34.9 Å². The van der Waals surface area contributed by atoms with Gasteiger partial charge in [0.25, 0.3) is 0 Å². The van der Waals surface area contributed by atoms with Gasteiger partial charge in [0.2, 0.25) is 12.7 Å². The molecule has 0 fully saturated rings. The standard InChI is InChI=1S/C16H16N2O4/c1-11-8-13(22-18-11)6-7-17-16(19)5-3-12-2-4-14-15(9-12)21-10-20-14/h2-5,8-9H,6-7,10H2,1H3,(H,17,19)/b5-3+. The van der Waals surface area contributed by atoms with E-state index >= 15 is 0 Å². The zero-order valence-electron chi connectivity index (χ0n) is 12.2. The first-order valence-electron chi connectivity index (χ1n) is 6.98. The highest BCUT2D eigenvalue weighted by Gasteiger charge is 2.12. The predicted molar refractivity (Wildman–Crippen MR) is 79.6 cm³/mol. The second-order valence-corrected chi connectivity index (χ2v) is 4.92. The number of nitrogens with zero attached hydrogens (tertiary/aromatic N) is 1. The van der Waals surface area contributed by atoms with Crippen molar-refractivity contribution in [1.29, 1.82) is 0 Å². The molecule has 6 nitrogen and oxygen atoms in total. The topological polar surface area (TPSA) is 73.6 Å². The number of hydrogen-bond donors (Lipinski definition) is 1. The number of fused-ring (bicyclic) bond motifs is 1. The molecule has 0 aliphatic carbocycles. The molecular weight excluding hydrogens is 284 g/mol. The maximum absolute atomic E-state index is 11.7. The first-order chi connectivity index (χ1) is 10.7. The lowest BCUT2D eigenvalue weighted by atomic mass is 10.2. The molecule has 2 aromatic rings. The Balaban J connectivity index is 1.48. The van der Waals surface area contributed by atoms with Crippen molar-refractivity contribution in [2.45, 2.75) is 13.3 Å². The molecular formula is C16H16N2O4. The largest absolute Gasteiger partial charge is 0.454 e. The summed E-state index contributed by atoms with van der Waals surface area (Å²) in [5, 5.41) is 6.59. The molecule has 0 unspecified atom stereocenters. The molecule has 0 atom stereocenters. The van der Waals surface area contributed by atoms with E-state index in [1.54, 1.807) is 6.08 Å². The van der Waals surface area contributed by atoms with E-state index in [4.69, 9.17) is 14.0 Å². The van der Waals surface area contributed by atoms with Crippen molar-refractivity contribution >= 4 is 12.0 Å². The first-order valence-corrected chi connectivity index (χ1v) is 6.98. The number of rotatable bonds is 5. The van der Waals surface area contributed by atoms with Crippen molar-refractivity contribution in [2.75, 3.05) is 13.3 Å². The van der Waals surface area contributed by atoms with E-state index in [9.17, 15) is 4.79 Å². The molecule has 1 aliphatic rings. The molecule has 1 N–H and O–H groups in total. The second kappa shape index (κ2) is 6.34. The van der Waals surface area contributed by atoms with Crippen molar-refractivity contribution in [3.8, 4) is 11.5 Å². The number of nitrogens with one attached hydrogen (secondary N) is 1. The minimum Gasteiger partial charge on any atom is -0.454 e. The van der Waals surface area contributed by atoms with Gasteiger partial charge in [-0.3, -0.25) is 4.79 Å². The molecule has 0 spiro atoms. The Labute approximate surface area is 127 Å². The molecule has 6 heteroatoms. The molecule has 114 valence electrons. The summed E-state index contributed by atoms with van der Waals surface area (Å²) in [6.07, 6.45) is 3.84. The maximum atomic E-state index is 11.7. The fourth-order valence-electron chi connectivity index (χ4n) is 2.09. The van der Waals surface area contributed by atoms with E-state index < -0.39 is 0 Å². The molecule has 0 radical (unpaired) electrons. The van der Waals surface area contributed by atoms with Crippen molar-refractivity contribution < 1.29 is 18.8 Å². The third-order valence-electron chi connectivity index (χ3n) is 3.17. The van der Waals surface area contributed by atoms with Crippen LogP contribution in [0.2, 0.25) is 0 Å². The highest BCUT2D eigenvalue weighted by molar-refractivity contribution is 5.91. The predicted octanol–water partition coefficient (Wildman–Crippen LogP) is 2.08. The van der Waals surface area contributed by atoms with Crippen molar-refractivity contribution in [2.24, 2.45) is 0 Å². The quantitative estimate of drug-likeness (QED) is 0.856. The fourth-order valence-corrected chi connectivity index (χ4v) is 2.09. The van der Waals surface area contributed by atoms with Crippen LogP contribution in [0.4, 0.5) is 0 Å². The Bertz CT molecular complexity index is 706. The Morgan fingerprint density at radius 2 is 2.18 bits per heavy atom. The molecule has 22 heavy (non-hydrogen) atoms. The summed E-state index contributed by atoms with van der Waals surface area (Å²) in [6, 6.07) is 7.39. The fraction of sp³-hybridized carbons (Fsp3) is 0.250. The summed E-state index contributed by atoms with van der Waals surface area (Å²) in [6.45, 7) is 2.60. The third-order valence-corrected chi connectivity index (χ3v) is 3.17. The van der Waals surface area contributed by atoms with E-state index in [0.717, 1.165) is 22.8 Å². The minimum absolute atomic E-state index is 0.158. The number of carbonyl (C=O) groups excluding carboxylic acids is 1. The second-order valence-electron chi connectivity index (χ2n) is 4.92. The summed E-state index contributed by atoms with van der Waals surface area (Å²) in [4.78, 5) is 11.7. The number of aromatic nitrogens is 1. The Hall–Kier alpha value is -2.76. The molecule has 1 aromatic heterocycles. The van der Waals surface area contributed by atoms with Gasteiger partial charge in [0.05, 0.1) is 5.69 Å². The van der Waals surface area contributed by atoms with Gasteiger partial charge in [-0.2, -0.15) is 0 Å². The van der Waals surface area contributed by atoms with Crippen LogP contribution >= 0.6 is 0 Å². The minimum atomic E-state index is -0.158. The monoisotopic (exact) mass is 300 g/mol. The lowest BCUT2D eigenvalue weighted by Crippen LogP contribution is -2.23. The maximum Gasteiger partial charge on any atom is 0.244 e. The zero-order valence-corrected chi connectivity index (χ0v) is 12.2. The van der Waals surface area contributed by atoms with Gasteiger partial charge in [-0.1, -0.05) is 11.2 Å². The average molecular weight is 300 g/mol. The number of hydrogen-bond acceptors (Lipinski definition) is 5. The molecule has 2 heterocycles. The van der Waals surface area contributed by atoms with E-state index in [-0.39, 0.29) is 12.7 Å². The lowest BCUT2D eigenvalue weighted by Gasteiger charge is -2.00. The van der Waals surface area contributed by atoms with Crippen molar-refractivity contribution in [1.82, 2.24) is 10.5 Å². The van der Waals surface area contributed by atoms with Crippen LogP contribution in [0, 0.1) is 6.92 Å². The van der Waals surface area contributed by atoms with Gasteiger partial charge >= 0.3 is 0 Å². The summed E-state index contributed by atoms with van der Waals surface area (Å²) in [5.41, 5.74) is 1.72. The summed E-state index contributed by atoms with van der Waals surface area (Å²) in [7, 11) is 0. The normalized spacial score (nSPS) is 12.8. The summed E-state index contributed by atoms with van der Waals surface area (Å²) < 4.78 is 15.6. The van der Waals surface area contributed by atoms with E-state index in [1.807, 2.05) is 31.2 Å². The van der Waals surface area contributed by atoms with E-state index in [0.29, 0.717) is 18.7 Å². The molecule has 0 bridgehead atoms. The number of aryl methyl sites for hydroxylation is 1. The van der Waals surface area contributed by atoms with Crippen molar-refractivity contribution in [3.63, 3.8) is 0 Å². The van der Waals surface area contributed by atoms with Gasteiger partial charge in [-0.25, -0.2) is 0 Å². The number of ether oxygens (including phenoxy) is 2. The Morgan fingerprint density at radius 3 is 3.00 bits per heavy atom. The number of carbonyl (C=O) groups is 1. The van der Waals surface area contributed by atoms with Gasteiger partial charge in [0, 0.05) is 25.1 Å². The van der Waals surface area contributed by atoms with E-state index in [1.165, 1.54) is 6.08 Å². The van der Waals surface area contributed by atoms with Crippen LogP contribution < -0.4 is 14.8 Å². The smallest absolute Gasteiger partial charge is 0.244 e. The number of benzene rings is 1. The van der Waals surface area contributed by atoms with Crippen LogP contribution in [0.5, 0.6) is 11.5 Å². The first kappa shape index (κ1) is 14.2. The molecule has 1 aromatic carbocycles. The van der Waals surface area contributed by atoms with Gasteiger partial charge in [0.1, 0.15) is 5.76 Å². The summed E-state index contributed by atoms with van der Waals surface area (Å²) >= 11 is 0. The molecule has 1 aliphatic heterocycles. The Kier molecular flexibility index (Phi) is 4.09. The summed E-state index contributed by atoms with van der Waals surface area (Å²) in [5.74, 6) is 2.03. The van der Waals surface area contributed by atoms with Gasteiger partial charge < -0.3 is 19.3 Å². The zero-order chi connectivity index (χ0) is 15.4. The van der Waals surface area contributed by atoms with Gasteiger partial charge in [0.15, 0.2) is 11.5 Å². The van der Waals surface area contributed by atoms with Gasteiger partial charge in [-0.15, -0.1) is 0 Å². The number of amides is 1. The van der Waals surface area contributed by atoms with Gasteiger partial charge in [-0.05, 0) is 30.7 Å². The average Bonchev–Trinajstić information content (AvgIpc) is 3.13. The van der Waals surface area contributed by atoms with E-state index in [2.05, 4.69) is 10.5 Å². The molecule has 3 rings (SSSR count). The van der Waals surface area contributed by atoms with Crippen molar-refractivity contribution in [3.05, 3.63) is 47.4 Å². The van der Waals surface area contributed by atoms with Crippen LogP contribution in [-0.4, -0.2) is 24.4 Å². The molecule has 1 amide bonds. The highest BCUT2D eigenvalue weighted by atomic mass is 16.7. The molecule has 0 saturated heterocycles. The van der Waals surface area contributed by atoms with Crippen LogP contribution in [0.25, 0.3) is 6.08 Å². The lowest BCUT2D eigenvalue weighted by molar-refractivity contribution is -0.116.